The molecule has 0 fully saturated rings. The smallest absolute Gasteiger partial charge is 0.198 e. The van der Waals surface area contributed by atoms with Crippen LogP contribution in [0.2, 0.25) is 42.3 Å². The maximum Gasteiger partial charge on any atom is 0.198 e. The topological polar surface area (TPSA) is 28.5 Å². The van der Waals surface area contributed by atoms with Crippen LogP contribution in [0, 0.1) is 23.7 Å². The van der Waals surface area contributed by atoms with Crippen LogP contribution in [0.5, 0.6) is 0 Å². The Labute approximate surface area is 213 Å². The van der Waals surface area contributed by atoms with Gasteiger partial charge in [0.05, 0.1) is 0 Å². The van der Waals surface area contributed by atoms with Gasteiger partial charge in [-0.15, -0.1) is 21.1 Å². The first-order chi connectivity index (χ1) is 13.1. The third-order valence-corrected chi connectivity index (χ3v) is 11.1. The minimum Gasteiger partial charge on any atom is -2.00 e. The van der Waals surface area contributed by atoms with Gasteiger partial charge in [0.2, 0.25) is 0 Å². The standard InChI is InChI=1S/4C4H9.4C2H5.4Al.O/c4*1-4(2)3;4*1-2;;;;;/h4*4H,1H2,2-3H3;4*1H2,2H3;;;;;/q;;;;;;;;;;2*+1;-2. The summed E-state index contributed by atoms with van der Waals surface area (Å²) in [4.78, 5) is 0. The van der Waals surface area contributed by atoms with Gasteiger partial charge in [0.15, 0.2) is 30.4 Å². The van der Waals surface area contributed by atoms with Crippen LogP contribution in [0.25, 0.3) is 0 Å². The van der Waals surface area contributed by atoms with Crippen LogP contribution in [0.3, 0.4) is 0 Å². The fourth-order valence-electron chi connectivity index (χ4n) is 2.10. The summed E-state index contributed by atoms with van der Waals surface area (Å²) in [7, 11) is 0. The summed E-state index contributed by atoms with van der Waals surface area (Å²) in [6, 6.07) is 0. The van der Waals surface area contributed by atoms with Crippen molar-refractivity contribution in [2.24, 2.45) is 23.7 Å². The molecule has 0 aliphatic rings. The molecule has 0 spiro atoms. The average molecular weight is 469 g/mol. The van der Waals surface area contributed by atoms with Gasteiger partial charge in [0.1, 0.15) is 0 Å². The molecule has 0 rings (SSSR count). The molecule has 0 atom stereocenters. The van der Waals surface area contributed by atoms with Gasteiger partial charge in [0, 0.05) is 0 Å². The van der Waals surface area contributed by atoms with Gasteiger partial charge in [-0.25, -0.2) is 0 Å². The van der Waals surface area contributed by atoms with Crippen LogP contribution in [0.15, 0.2) is 0 Å². The van der Waals surface area contributed by atoms with E-state index in [4.69, 9.17) is 0 Å². The molecular formula is C24H56Al4O. The molecule has 0 aliphatic heterocycles. The third-order valence-electron chi connectivity index (χ3n) is 3.71. The number of hydrogen-bond acceptors (Lipinski definition) is 0. The van der Waals surface area contributed by atoms with Crippen LogP contribution in [-0.2, 0) is 5.48 Å². The van der Waals surface area contributed by atoms with E-state index in [-0.39, 0.29) is 5.48 Å². The molecule has 0 saturated carbocycles. The van der Waals surface area contributed by atoms with E-state index in [0.717, 1.165) is 84.5 Å². The Morgan fingerprint density at radius 1 is 0.448 bits per heavy atom. The zero-order valence-electron chi connectivity index (χ0n) is 22.7. The van der Waals surface area contributed by atoms with Crippen molar-refractivity contribution in [1.29, 1.82) is 0 Å². The predicted molar refractivity (Wildman–Crippen MR) is 144 cm³/mol. The molecule has 0 aromatic carbocycles. The van der Waals surface area contributed by atoms with E-state index < -0.39 is 0 Å². The Bertz CT molecular complexity index is 191. The van der Waals surface area contributed by atoms with E-state index in [1.807, 2.05) is 0 Å². The Morgan fingerprint density at radius 2 is 0.621 bits per heavy atom. The Kier molecular flexibility index (Phi) is 53.3. The maximum absolute atomic E-state index is 2.31. The molecule has 0 aliphatic carbocycles. The molecule has 29 heavy (non-hydrogen) atoms. The molecule has 0 bridgehead atoms. The van der Waals surface area contributed by atoms with Crippen LogP contribution in [-0.4, -0.2) is 60.9 Å². The van der Waals surface area contributed by atoms with Crippen molar-refractivity contribution in [3.63, 3.8) is 0 Å². The van der Waals surface area contributed by atoms with Crippen molar-refractivity contribution in [3.8, 4) is 0 Å². The van der Waals surface area contributed by atoms with Crippen LogP contribution in [0.4, 0.5) is 0 Å². The SMILES string of the molecule is CC(C)[CH2][Al+][CH2]C(C)C.CC(C)[CH2][Al+][CH2]C(C)C.C[CH2][Al][CH2]C.C[CH2][Al][CH2]C.[O-2]. The molecule has 170 valence electrons. The van der Waals surface area contributed by atoms with Crippen LogP contribution < -0.4 is 0 Å². The minimum absolute atomic E-state index is 0. The van der Waals surface area contributed by atoms with Gasteiger partial charge in [-0.05, 0) is 0 Å². The maximum atomic E-state index is 2.31. The molecule has 0 aromatic heterocycles. The van der Waals surface area contributed by atoms with E-state index in [1.165, 1.54) is 42.3 Å². The molecule has 1 nitrogen and oxygen atoms in total. The summed E-state index contributed by atoms with van der Waals surface area (Å²) in [6.07, 6.45) is 0. The van der Waals surface area contributed by atoms with Crippen molar-refractivity contribution >= 4 is 60.9 Å². The molecule has 0 unspecified atom stereocenters. The second-order valence-corrected chi connectivity index (χ2v) is 16.8. The minimum atomic E-state index is 0. The van der Waals surface area contributed by atoms with E-state index in [9.17, 15) is 0 Å². The summed E-state index contributed by atoms with van der Waals surface area (Å²) >= 11 is 3.14. The van der Waals surface area contributed by atoms with Crippen LogP contribution >= 0.6 is 0 Å². The molecule has 0 N–H and O–H groups in total. The van der Waals surface area contributed by atoms with Crippen molar-refractivity contribution < 1.29 is 5.48 Å². The molecule has 0 heterocycles. The summed E-state index contributed by atoms with van der Waals surface area (Å²) in [5.74, 6) is 3.72. The first-order valence-corrected chi connectivity index (χ1v) is 18.9. The summed E-state index contributed by atoms with van der Waals surface area (Å²) in [5.41, 5.74) is 0. The zero-order chi connectivity index (χ0) is 22.8. The summed E-state index contributed by atoms with van der Waals surface area (Å²) in [5, 5.41) is 11.6. The Balaban J connectivity index is -0.0000000907. The third kappa shape index (κ3) is 72.6. The quantitative estimate of drug-likeness (QED) is 0.256. The largest absolute Gasteiger partial charge is 2.00 e. The monoisotopic (exact) mass is 468 g/mol. The predicted octanol–water partition coefficient (Wildman–Crippen LogP) is 8.69. The van der Waals surface area contributed by atoms with Gasteiger partial charge in [-0.3, -0.25) is 0 Å². The molecular weight excluding hydrogens is 412 g/mol. The van der Waals surface area contributed by atoms with Crippen LogP contribution in [0.1, 0.15) is 83.1 Å². The second kappa shape index (κ2) is 37.4. The zero-order valence-corrected chi connectivity index (χ0v) is 27.3. The molecule has 0 amide bonds. The van der Waals surface area contributed by atoms with Gasteiger partial charge in [-0.1, -0.05) is 27.7 Å². The summed E-state index contributed by atoms with van der Waals surface area (Å²) in [6.45, 7) is 27.5. The molecule has 2 radical (unpaired) electrons. The van der Waals surface area contributed by atoms with E-state index in [2.05, 4.69) is 83.1 Å². The Morgan fingerprint density at radius 3 is 0.690 bits per heavy atom. The van der Waals surface area contributed by atoms with E-state index >= 15 is 0 Å². The van der Waals surface area contributed by atoms with E-state index in [1.54, 1.807) is 0 Å². The van der Waals surface area contributed by atoms with Crippen molar-refractivity contribution in [1.82, 2.24) is 0 Å². The van der Waals surface area contributed by atoms with Crippen molar-refractivity contribution in [3.05, 3.63) is 0 Å². The van der Waals surface area contributed by atoms with Crippen molar-refractivity contribution in [2.75, 3.05) is 0 Å². The number of rotatable bonds is 12. The molecule has 0 saturated heterocycles. The Hall–Kier alpha value is 2.09. The van der Waals surface area contributed by atoms with Crippen molar-refractivity contribution in [2.45, 2.75) is 125 Å². The van der Waals surface area contributed by atoms with Gasteiger partial charge in [0.25, 0.3) is 0 Å². The fourth-order valence-corrected chi connectivity index (χ4v) is 6.31. The van der Waals surface area contributed by atoms with Gasteiger partial charge >= 0.3 is 131 Å². The first-order valence-electron chi connectivity index (χ1n) is 12.3. The number of hydrogen-bond donors (Lipinski definition) is 0. The van der Waals surface area contributed by atoms with Gasteiger partial charge < -0.3 is 5.48 Å². The molecule has 5 heteroatoms. The fraction of sp³-hybridized carbons (Fsp3) is 1.00. The van der Waals surface area contributed by atoms with E-state index in [0.29, 0.717) is 0 Å². The normalized spacial score (nSPS) is 9.10. The second-order valence-electron chi connectivity index (χ2n) is 9.31. The summed E-state index contributed by atoms with van der Waals surface area (Å²) < 4.78 is 0. The molecule has 0 aromatic rings. The first kappa shape index (κ1) is 41.4. The van der Waals surface area contributed by atoms with Gasteiger partial charge in [-0.2, -0.15) is 0 Å². The average Bonchev–Trinajstić information content (AvgIpc) is 2.56.